The first kappa shape index (κ1) is 17.0. The number of carbonyl (C=O) groups excluding carboxylic acids is 1. The van der Waals surface area contributed by atoms with E-state index in [0.29, 0.717) is 0 Å². The number of rotatable bonds is 8. The number of nitrogens with zero attached hydrogens (tertiary/aromatic N) is 1. The molecule has 1 aliphatic heterocycles. The number of carbonyl (C=O) groups is 1. The Hall–Kier alpha value is -1.85. The predicted octanol–water partition coefficient (Wildman–Crippen LogP) is 2.42. The molecule has 5 nitrogen and oxygen atoms in total. The highest BCUT2D eigenvalue weighted by Gasteiger charge is 2.24. The first-order valence-corrected chi connectivity index (χ1v) is 8.98. The number of amides is 1. The van der Waals surface area contributed by atoms with Gasteiger partial charge in [0.1, 0.15) is 6.23 Å². The summed E-state index contributed by atoms with van der Waals surface area (Å²) in [5, 5.41) is 16.2. The number of nitrogens with one attached hydrogen (secondary N) is 2. The van der Waals surface area contributed by atoms with Gasteiger partial charge >= 0.3 is 0 Å². The van der Waals surface area contributed by atoms with Crippen molar-refractivity contribution in [1.82, 2.24) is 15.2 Å². The van der Waals surface area contributed by atoms with Crippen LogP contribution in [0.3, 0.4) is 0 Å². The van der Waals surface area contributed by atoms with Crippen LogP contribution in [-0.4, -0.2) is 34.9 Å². The third kappa shape index (κ3) is 3.62. The molecule has 5 heteroatoms. The molecular weight excluding hydrogens is 302 g/mol. The SMILES string of the molecule is CC(O)NCCCCCCn1c2c(c3ccccc31)C(=O)NCC2. The summed E-state index contributed by atoms with van der Waals surface area (Å²) >= 11 is 0. The highest BCUT2D eigenvalue weighted by molar-refractivity contribution is 6.09. The molecule has 0 fully saturated rings. The Kier molecular flexibility index (Phi) is 5.53. The second kappa shape index (κ2) is 7.81. The van der Waals surface area contributed by atoms with Crippen LogP contribution in [0, 0.1) is 0 Å². The molecule has 1 amide bonds. The minimum atomic E-state index is -0.422. The summed E-state index contributed by atoms with van der Waals surface area (Å²) in [6.45, 7) is 4.30. The van der Waals surface area contributed by atoms with Crippen molar-refractivity contribution in [3.05, 3.63) is 35.5 Å². The first-order valence-electron chi connectivity index (χ1n) is 8.98. The average molecular weight is 329 g/mol. The van der Waals surface area contributed by atoms with Crippen LogP contribution in [0.25, 0.3) is 10.9 Å². The molecule has 1 aromatic heterocycles. The molecule has 2 aromatic rings. The highest BCUT2D eigenvalue weighted by atomic mass is 16.3. The maximum Gasteiger partial charge on any atom is 0.253 e. The van der Waals surface area contributed by atoms with Crippen LogP contribution >= 0.6 is 0 Å². The average Bonchev–Trinajstić information content (AvgIpc) is 2.89. The zero-order chi connectivity index (χ0) is 16.9. The van der Waals surface area contributed by atoms with Gasteiger partial charge in [-0.25, -0.2) is 0 Å². The van der Waals surface area contributed by atoms with Crippen molar-refractivity contribution in [2.75, 3.05) is 13.1 Å². The van der Waals surface area contributed by atoms with Gasteiger partial charge in [-0.2, -0.15) is 0 Å². The van der Waals surface area contributed by atoms with Gasteiger partial charge in [0.05, 0.1) is 5.56 Å². The second-order valence-electron chi connectivity index (χ2n) is 6.54. The Morgan fingerprint density at radius 1 is 1.25 bits per heavy atom. The van der Waals surface area contributed by atoms with Gasteiger partial charge in [0.2, 0.25) is 0 Å². The minimum absolute atomic E-state index is 0.0652. The van der Waals surface area contributed by atoms with E-state index in [-0.39, 0.29) is 5.91 Å². The molecular formula is C19H27N3O2. The fourth-order valence-corrected chi connectivity index (χ4v) is 3.57. The summed E-state index contributed by atoms with van der Waals surface area (Å²) in [7, 11) is 0. The quantitative estimate of drug-likeness (QED) is 0.515. The Morgan fingerprint density at radius 3 is 2.88 bits per heavy atom. The molecule has 1 aromatic carbocycles. The predicted molar refractivity (Wildman–Crippen MR) is 96.1 cm³/mol. The Balaban J connectivity index is 1.64. The normalized spacial score (nSPS) is 15.3. The lowest BCUT2D eigenvalue weighted by atomic mass is 10.1. The Bertz CT molecular complexity index is 706. The van der Waals surface area contributed by atoms with Crippen LogP contribution in [0.4, 0.5) is 0 Å². The number of fused-ring (bicyclic) bond motifs is 3. The summed E-state index contributed by atoms with van der Waals surface area (Å²) in [6.07, 6.45) is 5.00. The van der Waals surface area contributed by atoms with Crippen molar-refractivity contribution in [3.8, 4) is 0 Å². The molecule has 0 aliphatic carbocycles. The van der Waals surface area contributed by atoms with E-state index in [1.54, 1.807) is 6.92 Å². The monoisotopic (exact) mass is 329 g/mol. The third-order valence-corrected chi connectivity index (χ3v) is 4.70. The first-order chi connectivity index (χ1) is 11.7. The molecule has 1 atom stereocenters. The Labute approximate surface area is 143 Å². The molecule has 1 aliphatic rings. The van der Waals surface area contributed by atoms with Crippen LogP contribution < -0.4 is 10.6 Å². The van der Waals surface area contributed by atoms with Gasteiger partial charge in [-0.15, -0.1) is 0 Å². The summed E-state index contributed by atoms with van der Waals surface area (Å²) in [4.78, 5) is 12.3. The maximum atomic E-state index is 12.3. The standard InChI is InChI=1S/C19H27N3O2/c1-14(23)20-11-6-2-3-7-13-22-16-9-5-4-8-15(16)18-17(22)10-12-21-19(18)24/h4-5,8-9,14,20,23H,2-3,6-7,10-13H2,1H3,(H,21,24). The number of hydrogen-bond donors (Lipinski definition) is 3. The van der Waals surface area contributed by atoms with E-state index >= 15 is 0 Å². The topological polar surface area (TPSA) is 66.3 Å². The summed E-state index contributed by atoms with van der Waals surface area (Å²) in [6, 6.07) is 8.22. The van der Waals surface area contributed by atoms with E-state index in [2.05, 4.69) is 27.3 Å². The van der Waals surface area contributed by atoms with E-state index in [1.165, 1.54) is 11.2 Å². The molecule has 24 heavy (non-hydrogen) atoms. The van der Waals surface area contributed by atoms with E-state index < -0.39 is 6.23 Å². The largest absolute Gasteiger partial charge is 0.379 e. The van der Waals surface area contributed by atoms with Crippen LogP contribution in [-0.2, 0) is 13.0 Å². The number of hydrogen-bond acceptors (Lipinski definition) is 3. The second-order valence-corrected chi connectivity index (χ2v) is 6.54. The van der Waals surface area contributed by atoms with E-state index in [9.17, 15) is 4.79 Å². The third-order valence-electron chi connectivity index (χ3n) is 4.70. The van der Waals surface area contributed by atoms with Gasteiger partial charge < -0.3 is 15.0 Å². The summed E-state index contributed by atoms with van der Waals surface area (Å²) < 4.78 is 2.34. The summed E-state index contributed by atoms with van der Waals surface area (Å²) in [5.74, 6) is 0.0652. The lowest BCUT2D eigenvalue weighted by Gasteiger charge is -2.16. The van der Waals surface area contributed by atoms with Gasteiger partial charge in [0.25, 0.3) is 5.91 Å². The highest BCUT2D eigenvalue weighted by Crippen LogP contribution is 2.29. The molecule has 3 N–H and O–H groups in total. The van der Waals surface area contributed by atoms with Gasteiger partial charge in [0, 0.05) is 36.1 Å². The lowest BCUT2D eigenvalue weighted by Crippen LogP contribution is -2.32. The molecule has 0 saturated carbocycles. The van der Waals surface area contributed by atoms with E-state index in [4.69, 9.17) is 5.11 Å². The van der Waals surface area contributed by atoms with E-state index in [1.807, 2.05) is 12.1 Å². The van der Waals surface area contributed by atoms with Crippen LogP contribution in [0.2, 0.25) is 0 Å². The maximum absolute atomic E-state index is 12.3. The number of unbranched alkanes of at least 4 members (excludes halogenated alkanes) is 3. The molecule has 0 radical (unpaired) electrons. The van der Waals surface area contributed by atoms with Crippen LogP contribution in [0.5, 0.6) is 0 Å². The molecule has 0 spiro atoms. The molecule has 2 heterocycles. The number of para-hydroxylation sites is 1. The lowest BCUT2D eigenvalue weighted by molar-refractivity contribution is 0.0946. The van der Waals surface area contributed by atoms with Crippen molar-refractivity contribution in [3.63, 3.8) is 0 Å². The van der Waals surface area contributed by atoms with Crippen molar-refractivity contribution >= 4 is 16.8 Å². The van der Waals surface area contributed by atoms with Gasteiger partial charge in [-0.1, -0.05) is 31.0 Å². The minimum Gasteiger partial charge on any atom is -0.379 e. The number of benzene rings is 1. The van der Waals surface area contributed by atoms with Crippen LogP contribution in [0.15, 0.2) is 24.3 Å². The van der Waals surface area contributed by atoms with Gasteiger partial charge in [0.15, 0.2) is 0 Å². The molecule has 130 valence electrons. The molecule has 0 saturated heterocycles. The molecule has 1 unspecified atom stereocenters. The molecule has 3 rings (SSSR count). The van der Waals surface area contributed by atoms with Crippen molar-refractivity contribution < 1.29 is 9.90 Å². The molecule has 0 bridgehead atoms. The zero-order valence-electron chi connectivity index (χ0n) is 14.3. The summed E-state index contributed by atoms with van der Waals surface area (Å²) in [5.41, 5.74) is 3.24. The number of aliphatic hydroxyl groups excluding tert-OH is 1. The smallest absolute Gasteiger partial charge is 0.253 e. The van der Waals surface area contributed by atoms with Crippen molar-refractivity contribution in [2.45, 2.75) is 51.8 Å². The van der Waals surface area contributed by atoms with Crippen molar-refractivity contribution in [2.24, 2.45) is 0 Å². The fourth-order valence-electron chi connectivity index (χ4n) is 3.57. The zero-order valence-corrected chi connectivity index (χ0v) is 14.3. The van der Waals surface area contributed by atoms with E-state index in [0.717, 1.165) is 62.7 Å². The van der Waals surface area contributed by atoms with Crippen LogP contribution in [0.1, 0.15) is 48.7 Å². The van der Waals surface area contributed by atoms with Gasteiger partial charge in [-0.05, 0) is 32.4 Å². The number of aromatic nitrogens is 1. The fraction of sp³-hybridized carbons (Fsp3) is 0.526. The number of aryl methyl sites for hydroxylation is 1. The van der Waals surface area contributed by atoms with Gasteiger partial charge in [-0.3, -0.25) is 10.1 Å². The Morgan fingerprint density at radius 2 is 2.04 bits per heavy atom. The van der Waals surface area contributed by atoms with Crippen molar-refractivity contribution in [1.29, 1.82) is 0 Å². The number of aliphatic hydroxyl groups is 1.